The van der Waals surface area contributed by atoms with E-state index in [9.17, 15) is 0 Å². The molecule has 0 amide bonds. The zero-order valence-electron chi connectivity index (χ0n) is 9.43. The van der Waals surface area contributed by atoms with Gasteiger partial charge in [-0.25, -0.2) is 0 Å². The molecule has 2 saturated heterocycles. The summed E-state index contributed by atoms with van der Waals surface area (Å²) in [5.74, 6) is 1.24. The molecule has 0 aromatic heterocycles. The standard InChI is InChI=1S/C13H17NO2/c1-15-9-4-2-3-8(7-9)12-10-5-6-11(16-10)13(12)14/h2-4,7,10-13H,5-6,14H2,1H3. The van der Waals surface area contributed by atoms with Crippen molar-refractivity contribution >= 4 is 0 Å². The van der Waals surface area contributed by atoms with Gasteiger partial charge in [-0.3, -0.25) is 0 Å². The van der Waals surface area contributed by atoms with Gasteiger partial charge in [-0.1, -0.05) is 12.1 Å². The summed E-state index contributed by atoms with van der Waals surface area (Å²) in [4.78, 5) is 0. The van der Waals surface area contributed by atoms with Gasteiger partial charge < -0.3 is 15.2 Å². The monoisotopic (exact) mass is 219 g/mol. The summed E-state index contributed by atoms with van der Waals surface area (Å²) >= 11 is 0. The Morgan fingerprint density at radius 3 is 2.81 bits per heavy atom. The molecule has 2 fully saturated rings. The molecule has 2 N–H and O–H groups in total. The normalized spacial score (nSPS) is 36.6. The fourth-order valence-corrected chi connectivity index (χ4v) is 3.00. The molecule has 16 heavy (non-hydrogen) atoms. The molecule has 86 valence electrons. The van der Waals surface area contributed by atoms with Crippen molar-refractivity contribution < 1.29 is 9.47 Å². The third kappa shape index (κ3) is 1.43. The highest BCUT2D eigenvalue weighted by atomic mass is 16.5. The van der Waals surface area contributed by atoms with E-state index in [1.165, 1.54) is 5.56 Å². The Labute approximate surface area is 95.5 Å². The van der Waals surface area contributed by atoms with E-state index in [0.29, 0.717) is 12.0 Å². The Morgan fingerprint density at radius 2 is 2.12 bits per heavy atom. The molecular formula is C13H17NO2. The summed E-state index contributed by atoms with van der Waals surface area (Å²) in [5, 5.41) is 0. The van der Waals surface area contributed by atoms with Gasteiger partial charge in [0, 0.05) is 12.0 Å². The van der Waals surface area contributed by atoms with Crippen molar-refractivity contribution in [3.8, 4) is 5.75 Å². The average Bonchev–Trinajstić information content (AvgIpc) is 2.89. The van der Waals surface area contributed by atoms with Crippen molar-refractivity contribution in [2.75, 3.05) is 7.11 Å². The second-order valence-electron chi connectivity index (χ2n) is 4.67. The van der Waals surface area contributed by atoms with Gasteiger partial charge >= 0.3 is 0 Å². The zero-order valence-corrected chi connectivity index (χ0v) is 9.43. The molecule has 0 aliphatic carbocycles. The first-order chi connectivity index (χ1) is 7.79. The minimum absolute atomic E-state index is 0.144. The summed E-state index contributed by atoms with van der Waals surface area (Å²) in [6.07, 6.45) is 2.83. The lowest BCUT2D eigenvalue weighted by Crippen LogP contribution is -2.38. The van der Waals surface area contributed by atoms with Gasteiger partial charge in [0.05, 0.1) is 19.3 Å². The number of fused-ring (bicyclic) bond motifs is 2. The van der Waals surface area contributed by atoms with Crippen LogP contribution in [-0.2, 0) is 4.74 Å². The zero-order chi connectivity index (χ0) is 11.1. The number of benzene rings is 1. The molecule has 0 saturated carbocycles. The second-order valence-corrected chi connectivity index (χ2v) is 4.67. The van der Waals surface area contributed by atoms with E-state index in [2.05, 4.69) is 12.1 Å². The van der Waals surface area contributed by atoms with E-state index < -0.39 is 0 Å². The fraction of sp³-hybridized carbons (Fsp3) is 0.538. The fourth-order valence-electron chi connectivity index (χ4n) is 3.00. The third-order valence-corrected chi connectivity index (χ3v) is 3.81. The molecule has 3 heteroatoms. The summed E-state index contributed by atoms with van der Waals surface area (Å²) in [6.45, 7) is 0. The van der Waals surface area contributed by atoms with Crippen LogP contribution < -0.4 is 10.5 Å². The van der Waals surface area contributed by atoms with Gasteiger partial charge in [0.15, 0.2) is 0 Å². The Hall–Kier alpha value is -1.06. The number of methoxy groups -OCH3 is 1. The van der Waals surface area contributed by atoms with Crippen molar-refractivity contribution in [3.63, 3.8) is 0 Å². The quantitative estimate of drug-likeness (QED) is 0.822. The highest BCUT2D eigenvalue weighted by molar-refractivity contribution is 5.34. The van der Waals surface area contributed by atoms with Crippen LogP contribution in [0.15, 0.2) is 24.3 Å². The van der Waals surface area contributed by atoms with E-state index >= 15 is 0 Å². The van der Waals surface area contributed by atoms with Crippen molar-refractivity contribution in [3.05, 3.63) is 29.8 Å². The molecular weight excluding hydrogens is 202 g/mol. The lowest BCUT2D eigenvalue weighted by atomic mass is 9.80. The van der Waals surface area contributed by atoms with Crippen LogP contribution in [-0.4, -0.2) is 25.4 Å². The lowest BCUT2D eigenvalue weighted by Gasteiger charge is -2.25. The number of nitrogens with two attached hydrogens (primary N) is 1. The summed E-state index contributed by atoms with van der Waals surface area (Å²) < 4.78 is 11.1. The molecule has 3 nitrogen and oxygen atoms in total. The summed E-state index contributed by atoms with van der Waals surface area (Å²) in [6, 6.07) is 8.33. The van der Waals surface area contributed by atoms with Crippen LogP contribution in [0.4, 0.5) is 0 Å². The first kappa shape index (κ1) is 10.1. The molecule has 2 aliphatic rings. The minimum Gasteiger partial charge on any atom is -0.497 e. The molecule has 1 aromatic carbocycles. The van der Waals surface area contributed by atoms with Crippen molar-refractivity contribution in [1.29, 1.82) is 0 Å². The largest absolute Gasteiger partial charge is 0.497 e. The minimum atomic E-state index is 0.144. The van der Waals surface area contributed by atoms with Gasteiger partial charge in [0.2, 0.25) is 0 Å². The maximum Gasteiger partial charge on any atom is 0.119 e. The molecule has 0 spiro atoms. The third-order valence-electron chi connectivity index (χ3n) is 3.81. The van der Waals surface area contributed by atoms with Gasteiger partial charge in [0.1, 0.15) is 5.75 Å². The maximum absolute atomic E-state index is 6.22. The number of hydrogen-bond donors (Lipinski definition) is 1. The van der Waals surface area contributed by atoms with E-state index in [-0.39, 0.29) is 12.1 Å². The van der Waals surface area contributed by atoms with E-state index in [1.807, 2.05) is 12.1 Å². The van der Waals surface area contributed by atoms with Crippen molar-refractivity contribution in [2.45, 2.75) is 37.0 Å². The summed E-state index contributed by atoms with van der Waals surface area (Å²) in [7, 11) is 1.69. The first-order valence-corrected chi connectivity index (χ1v) is 5.84. The van der Waals surface area contributed by atoms with Crippen molar-refractivity contribution in [2.24, 2.45) is 5.73 Å². The number of ether oxygens (including phenoxy) is 2. The Kier molecular flexibility index (Phi) is 2.37. The van der Waals surface area contributed by atoms with Gasteiger partial charge in [-0.2, -0.15) is 0 Å². The Bertz CT molecular complexity index is 391. The Morgan fingerprint density at radius 1 is 1.31 bits per heavy atom. The van der Waals surface area contributed by atoms with Gasteiger partial charge in [0.25, 0.3) is 0 Å². The smallest absolute Gasteiger partial charge is 0.119 e. The highest BCUT2D eigenvalue weighted by Gasteiger charge is 2.47. The van der Waals surface area contributed by atoms with Crippen LogP contribution in [0.2, 0.25) is 0 Å². The maximum atomic E-state index is 6.22. The predicted molar refractivity (Wildman–Crippen MR) is 61.6 cm³/mol. The van der Waals surface area contributed by atoms with Crippen LogP contribution in [0.25, 0.3) is 0 Å². The highest BCUT2D eigenvalue weighted by Crippen LogP contribution is 2.44. The van der Waals surface area contributed by atoms with E-state index in [1.54, 1.807) is 7.11 Å². The molecule has 4 atom stereocenters. The van der Waals surface area contributed by atoms with E-state index in [0.717, 1.165) is 18.6 Å². The molecule has 2 heterocycles. The number of rotatable bonds is 2. The first-order valence-electron chi connectivity index (χ1n) is 5.84. The Balaban J connectivity index is 1.91. The van der Waals surface area contributed by atoms with Crippen LogP contribution in [0, 0.1) is 0 Å². The molecule has 2 aliphatic heterocycles. The van der Waals surface area contributed by atoms with E-state index in [4.69, 9.17) is 15.2 Å². The summed E-state index contributed by atoms with van der Waals surface area (Å²) in [5.41, 5.74) is 7.47. The topological polar surface area (TPSA) is 44.5 Å². The SMILES string of the molecule is COc1cccc(C2C3CCC(O3)C2N)c1. The van der Waals surface area contributed by atoms with Crippen molar-refractivity contribution in [1.82, 2.24) is 0 Å². The second kappa shape index (κ2) is 3.75. The van der Waals surface area contributed by atoms with Crippen LogP contribution in [0.3, 0.4) is 0 Å². The van der Waals surface area contributed by atoms with Crippen LogP contribution >= 0.6 is 0 Å². The van der Waals surface area contributed by atoms with Crippen LogP contribution in [0.5, 0.6) is 5.75 Å². The van der Waals surface area contributed by atoms with Gasteiger partial charge in [-0.05, 0) is 30.5 Å². The lowest BCUT2D eigenvalue weighted by molar-refractivity contribution is 0.0976. The average molecular weight is 219 g/mol. The molecule has 0 radical (unpaired) electrons. The molecule has 4 unspecified atom stereocenters. The molecule has 1 aromatic rings. The predicted octanol–water partition coefficient (Wildman–Crippen LogP) is 1.67. The number of hydrogen-bond acceptors (Lipinski definition) is 3. The van der Waals surface area contributed by atoms with Crippen LogP contribution in [0.1, 0.15) is 24.3 Å². The van der Waals surface area contributed by atoms with Gasteiger partial charge in [-0.15, -0.1) is 0 Å². The molecule has 2 bridgehead atoms. The molecule has 3 rings (SSSR count).